The van der Waals surface area contributed by atoms with E-state index in [0.29, 0.717) is 12.4 Å². The number of rotatable bonds is 8. The average Bonchev–Trinajstić information content (AvgIpc) is 2.76. The fourth-order valence-electron chi connectivity index (χ4n) is 2.58. The lowest BCUT2D eigenvalue weighted by atomic mass is 10.2. The number of amides is 1. The van der Waals surface area contributed by atoms with Crippen molar-refractivity contribution < 1.29 is 27.4 Å². The van der Waals surface area contributed by atoms with E-state index in [0.717, 1.165) is 17.2 Å². The van der Waals surface area contributed by atoms with Crippen LogP contribution >= 0.6 is 0 Å². The monoisotopic (exact) mass is 416 g/mol. The maximum absolute atomic E-state index is 12.9. The number of benzene rings is 2. The molecule has 0 spiro atoms. The van der Waals surface area contributed by atoms with E-state index in [9.17, 15) is 18.0 Å². The molecule has 1 N–H and O–H groups in total. The number of nitrogens with zero attached hydrogens (tertiary/aromatic N) is 1. The number of nitrogens with one attached hydrogen (secondary N) is 1. The zero-order valence-corrected chi connectivity index (χ0v) is 15.9. The van der Waals surface area contributed by atoms with Gasteiger partial charge in [-0.3, -0.25) is 9.78 Å². The molecule has 1 aromatic heterocycles. The van der Waals surface area contributed by atoms with E-state index in [1.165, 1.54) is 18.2 Å². The van der Waals surface area contributed by atoms with E-state index < -0.39 is 24.3 Å². The summed E-state index contributed by atoms with van der Waals surface area (Å²) in [6.07, 6.45) is -1.14. The molecule has 30 heavy (non-hydrogen) atoms. The van der Waals surface area contributed by atoms with Gasteiger partial charge >= 0.3 is 6.18 Å². The maximum Gasteiger partial charge on any atom is 0.419 e. The molecule has 3 aromatic rings. The smallest absolute Gasteiger partial charge is 0.419 e. The molecule has 156 valence electrons. The van der Waals surface area contributed by atoms with Crippen LogP contribution in [0.4, 0.5) is 13.2 Å². The van der Waals surface area contributed by atoms with Gasteiger partial charge in [0.15, 0.2) is 6.61 Å². The number of pyridine rings is 1. The number of hydrogen-bond acceptors (Lipinski definition) is 4. The Labute approximate surface area is 171 Å². The molecule has 0 saturated heterocycles. The largest absolute Gasteiger partial charge is 0.489 e. The van der Waals surface area contributed by atoms with Crippen LogP contribution in [0, 0.1) is 0 Å². The molecular weight excluding hydrogens is 397 g/mol. The van der Waals surface area contributed by atoms with Crippen LogP contribution in [0.2, 0.25) is 0 Å². The first-order valence-corrected chi connectivity index (χ1v) is 9.08. The third-order valence-corrected chi connectivity index (χ3v) is 4.09. The summed E-state index contributed by atoms with van der Waals surface area (Å²) >= 11 is 0. The highest BCUT2D eigenvalue weighted by Gasteiger charge is 2.34. The molecular formula is C22H19F3N2O3. The molecule has 8 heteroatoms. The summed E-state index contributed by atoms with van der Waals surface area (Å²) in [6.45, 7) is 0.0893. The van der Waals surface area contributed by atoms with Crippen molar-refractivity contribution in [2.75, 3.05) is 6.61 Å². The van der Waals surface area contributed by atoms with Crippen molar-refractivity contribution >= 4 is 5.91 Å². The van der Waals surface area contributed by atoms with Crippen molar-refractivity contribution in [2.45, 2.75) is 19.3 Å². The summed E-state index contributed by atoms with van der Waals surface area (Å²) < 4.78 is 49.5. The molecule has 0 fully saturated rings. The van der Waals surface area contributed by atoms with Crippen LogP contribution in [-0.4, -0.2) is 17.5 Å². The summed E-state index contributed by atoms with van der Waals surface area (Å²) in [5.74, 6) is -0.236. The average molecular weight is 416 g/mol. The summed E-state index contributed by atoms with van der Waals surface area (Å²) in [5.41, 5.74) is 0.841. The van der Waals surface area contributed by atoms with Crippen molar-refractivity contribution in [3.63, 3.8) is 0 Å². The number of ether oxygens (including phenoxy) is 2. The summed E-state index contributed by atoms with van der Waals surface area (Å²) in [7, 11) is 0. The lowest BCUT2D eigenvalue weighted by molar-refractivity contribution is -0.139. The zero-order valence-electron chi connectivity index (χ0n) is 15.9. The second kappa shape index (κ2) is 9.78. The number of carbonyl (C=O) groups excluding carboxylic acids is 1. The molecule has 0 aliphatic rings. The Hall–Kier alpha value is -3.55. The highest BCUT2D eigenvalue weighted by molar-refractivity contribution is 5.77. The number of aromatic nitrogens is 1. The van der Waals surface area contributed by atoms with E-state index in [1.807, 2.05) is 12.1 Å². The first-order valence-electron chi connectivity index (χ1n) is 9.08. The molecule has 5 nitrogen and oxygen atoms in total. The van der Waals surface area contributed by atoms with Crippen molar-refractivity contribution in [1.82, 2.24) is 10.3 Å². The summed E-state index contributed by atoms with van der Waals surface area (Å²) in [6, 6.07) is 15.6. The minimum absolute atomic E-state index is 0.214. The van der Waals surface area contributed by atoms with Crippen LogP contribution in [-0.2, 0) is 24.1 Å². The number of para-hydroxylation sites is 1. The Morgan fingerprint density at radius 3 is 2.40 bits per heavy atom. The second-order valence-corrected chi connectivity index (χ2v) is 6.35. The third kappa shape index (κ3) is 6.23. The molecule has 1 amide bonds. The zero-order chi connectivity index (χ0) is 21.4. The number of alkyl halides is 3. The van der Waals surface area contributed by atoms with Crippen LogP contribution in [0.3, 0.4) is 0 Å². The number of halogens is 3. The molecule has 0 atom stereocenters. The van der Waals surface area contributed by atoms with E-state index in [-0.39, 0.29) is 12.3 Å². The molecule has 0 unspecified atom stereocenters. The SMILES string of the molecule is O=C(COc1ccccc1C(F)(F)F)NCc1ccc(OCc2cccnc2)cc1. The molecule has 2 aromatic carbocycles. The summed E-state index contributed by atoms with van der Waals surface area (Å²) in [5, 5.41) is 2.61. The van der Waals surface area contributed by atoms with Gasteiger partial charge < -0.3 is 14.8 Å². The van der Waals surface area contributed by atoms with E-state index in [1.54, 1.807) is 36.7 Å². The first kappa shape index (κ1) is 21.2. The molecule has 0 aliphatic carbocycles. The first-order chi connectivity index (χ1) is 14.4. The minimum Gasteiger partial charge on any atom is -0.489 e. The van der Waals surface area contributed by atoms with Gasteiger partial charge in [-0.2, -0.15) is 13.2 Å². The number of carbonyl (C=O) groups is 1. The normalized spacial score (nSPS) is 11.0. The standard InChI is InChI=1S/C22H19F3N2O3/c23-22(24,25)19-5-1-2-6-20(19)30-15-21(28)27-13-16-7-9-18(10-8-16)29-14-17-4-3-11-26-12-17/h1-12H,13-15H2,(H,27,28). The lowest BCUT2D eigenvalue weighted by Gasteiger charge is -2.13. The van der Waals surface area contributed by atoms with Crippen LogP contribution in [0.25, 0.3) is 0 Å². The predicted molar refractivity (Wildman–Crippen MR) is 104 cm³/mol. The van der Waals surface area contributed by atoms with Crippen molar-refractivity contribution in [2.24, 2.45) is 0 Å². The third-order valence-electron chi connectivity index (χ3n) is 4.09. The van der Waals surface area contributed by atoms with Gasteiger partial charge in [0.1, 0.15) is 18.1 Å². The van der Waals surface area contributed by atoms with Gasteiger partial charge in [0.2, 0.25) is 0 Å². The molecule has 3 rings (SSSR count). The van der Waals surface area contributed by atoms with Gasteiger partial charge in [0.05, 0.1) is 5.56 Å². The van der Waals surface area contributed by atoms with E-state index >= 15 is 0 Å². The fraction of sp³-hybridized carbons (Fsp3) is 0.182. The quantitative estimate of drug-likeness (QED) is 0.592. The van der Waals surface area contributed by atoms with Gasteiger partial charge in [-0.05, 0) is 35.9 Å². The lowest BCUT2D eigenvalue weighted by Crippen LogP contribution is -2.28. The Balaban J connectivity index is 1.45. The Morgan fingerprint density at radius 2 is 1.70 bits per heavy atom. The molecule has 0 bridgehead atoms. The topological polar surface area (TPSA) is 60.5 Å². The van der Waals surface area contributed by atoms with E-state index in [2.05, 4.69) is 10.3 Å². The fourth-order valence-corrected chi connectivity index (χ4v) is 2.58. The number of hydrogen-bond donors (Lipinski definition) is 1. The Kier molecular flexibility index (Phi) is 6.90. The predicted octanol–water partition coefficient (Wildman–Crippen LogP) is 4.37. The van der Waals surface area contributed by atoms with E-state index in [4.69, 9.17) is 9.47 Å². The van der Waals surface area contributed by atoms with Crippen LogP contribution in [0.1, 0.15) is 16.7 Å². The molecule has 0 saturated carbocycles. The molecule has 1 heterocycles. The minimum atomic E-state index is -4.55. The van der Waals surface area contributed by atoms with Crippen molar-refractivity contribution in [3.8, 4) is 11.5 Å². The second-order valence-electron chi connectivity index (χ2n) is 6.35. The Morgan fingerprint density at radius 1 is 0.933 bits per heavy atom. The van der Waals surface area contributed by atoms with Gasteiger partial charge in [-0.25, -0.2) is 0 Å². The van der Waals surface area contributed by atoms with Crippen LogP contribution < -0.4 is 14.8 Å². The highest BCUT2D eigenvalue weighted by atomic mass is 19.4. The van der Waals surface area contributed by atoms with Crippen molar-refractivity contribution in [3.05, 3.63) is 89.7 Å². The van der Waals surface area contributed by atoms with Gasteiger partial charge in [-0.15, -0.1) is 0 Å². The molecule has 0 aliphatic heterocycles. The summed E-state index contributed by atoms with van der Waals surface area (Å²) in [4.78, 5) is 15.9. The van der Waals surface area contributed by atoms with Crippen molar-refractivity contribution in [1.29, 1.82) is 0 Å². The Bertz CT molecular complexity index is 961. The maximum atomic E-state index is 12.9. The molecule has 0 radical (unpaired) electrons. The van der Waals surface area contributed by atoms with Crippen LogP contribution in [0.5, 0.6) is 11.5 Å². The van der Waals surface area contributed by atoms with Gasteiger partial charge in [0.25, 0.3) is 5.91 Å². The van der Waals surface area contributed by atoms with Gasteiger partial charge in [0, 0.05) is 24.5 Å². The highest BCUT2D eigenvalue weighted by Crippen LogP contribution is 2.35. The van der Waals surface area contributed by atoms with Crippen LogP contribution in [0.15, 0.2) is 73.1 Å². The van der Waals surface area contributed by atoms with Gasteiger partial charge in [-0.1, -0.05) is 30.3 Å².